The van der Waals surface area contributed by atoms with E-state index in [0.717, 1.165) is 0 Å². The van der Waals surface area contributed by atoms with Gasteiger partial charge in [-0.2, -0.15) is 0 Å². The summed E-state index contributed by atoms with van der Waals surface area (Å²) in [6.07, 6.45) is 2.32. The number of esters is 4. The van der Waals surface area contributed by atoms with Crippen LogP contribution in [0.2, 0.25) is 0 Å². The highest BCUT2D eigenvalue weighted by atomic mass is 16.6. The molecule has 0 saturated carbocycles. The molecule has 0 radical (unpaired) electrons. The molecule has 8 N–H and O–H groups in total. The smallest absolute Gasteiger partial charge is 0.305 e. The zero-order chi connectivity index (χ0) is 67.8. The fourth-order valence-electron chi connectivity index (χ4n) is 11.6. The van der Waals surface area contributed by atoms with Gasteiger partial charge in [-0.15, -0.1) is 0 Å². The van der Waals surface area contributed by atoms with E-state index < -0.39 is 99.0 Å². The first-order valence-electron chi connectivity index (χ1n) is 31.4. The van der Waals surface area contributed by atoms with Crippen LogP contribution >= 0.6 is 0 Å². The Bertz CT molecular complexity index is 2710. The van der Waals surface area contributed by atoms with Gasteiger partial charge in [-0.05, 0) is 143 Å². The van der Waals surface area contributed by atoms with Crippen LogP contribution < -0.4 is 0 Å². The Kier molecular flexibility index (Phi) is 23.9. The number of carbonyl (C=O) groups excluding carboxylic acids is 4. The van der Waals surface area contributed by atoms with Crippen LogP contribution in [0.25, 0.3) is 0 Å². The van der Waals surface area contributed by atoms with Crippen LogP contribution in [0.15, 0.2) is 48.5 Å². The van der Waals surface area contributed by atoms with Crippen LogP contribution in [0, 0.1) is 5.41 Å². The summed E-state index contributed by atoms with van der Waals surface area (Å²) in [7, 11) is 0. The van der Waals surface area contributed by atoms with Crippen molar-refractivity contribution in [2.24, 2.45) is 5.41 Å². The fourth-order valence-corrected chi connectivity index (χ4v) is 11.6. The number of benzene rings is 4. The van der Waals surface area contributed by atoms with Gasteiger partial charge >= 0.3 is 23.9 Å². The molecule has 496 valence electrons. The Morgan fingerprint density at radius 1 is 0.270 bits per heavy atom. The highest BCUT2D eigenvalue weighted by Crippen LogP contribution is 2.47. The summed E-state index contributed by atoms with van der Waals surface area (Å²) >= 11 is 0. The minimum atomic E-state index is -1.64. The summed E-state index contributed by atoms with van der Waals surface area (Å²) in [6.45, 7) is 36.2. The average Bonchev–Trinajstić information content (AvgIpc) is 1.24. The molecule has 0 amide bonds. The van der Waals surface area contributed by atoms with Crippen molar-refractivity contribution in [1.82, 2.24) is 0 Å². The number of phenols is 8. The van der Waals surface area contributed by atoms with E-state index in [1.807, 2.05) is 138 Å². The Balaban J connectivity index is 1.63. The number of carbonyl (C=O) groups is 4. The molecule has 0 saturated heterocycles. The molecule has 0 fully saturated rings. The molecule has 0 bridgehead atoms. The topological polar surface area (TPSA) is 267 Å². The molecule has 4 aromatic rings. The molecule has 16 heteroatoms. The van der Waals surface area contributed by atoms with Gasteiger partial charge in [0.1, 0.15) is 77.8 Å². The highest BCUT2D eigenvalue weighted by molar-refractivity contribution is 5.71. The molecule has 4 rings (SSSR count). The van der Waals surface area contributed by atoms with E-state index in [4.69, 9.17) is 18.9 Å². The first kappa shape index (κ1) is 74.6. The molecule has 0 heterocycles. The van der Waals surface area contributed by atoms with Gasteiger partial charge < -0.3 is 59.8 Å². The summed E-state index contributed by atoms with van der Waals surface area (Å²) in [6, 6.07) is 12.5. The van der Waals surface area contributed by atoms with Crippen LogP contribution in [0.5, 0.6) is 46.0 Å². The van der Waals surface area contributed by atoms with Crippen molar-refractivity contribution in [3.05, 3.63) is 93.0 Å². The quantitative estimate of drug-likeness (QED) is 0.0149. The maximum absolute atomic E-state index is 13.9. The van der Waals surface area contributed by atoms with Crippen molar-refractivity contribution in [2.45, 2.75) is 259 Å². The van der Waals surface area contributed by atoms with E-state index in [1.54, 1.807) is 48.5 Å². The lowest BCUT2D eigenvalue weighted by atomic mass is 9.77. The van der Waals surface area contributed by atoms with E-state index in [2.05, 4.69) is 0 Å². The predicted octanol–water partition coefficient (Wildman–Crippen LogP) is 15.6. The number of hydrogen-bond acceptors (Lipinski definition) is 16. The predicted molar refractivity (Wildman–Crippen MR) is 348 cm³/mol. The van der Waals surface area contributed by atoms with Crippen LogP contribution in [0.3, 0.4) is 0 Å². The van der Waals surface area contributed by atoms with Crippen LogP contribution in [0.1, 0.15) is 260 Å². The van der Waals surface area contributed by atoms with Crippen LogP contribution in [-0.2, 0) is 81.4 Å². The Hall–Kier alpha value is -6.84. The van der Waals surface area contributed by atoms with Gasteiger partial charge in [0.15, 0.2) is 0 Å². The molecule has 0 spiro atoms. The molecule has 16 nitrogen and oxygen atoms in total. The first-order valence-corrected chi connectivity index (χ1v) is 31.4. The third-order valence-electron chi connectivity index (χ3n) is 17.5. The highest BCUT2D eigenvalue weighted by Gasteiger charge is 2.40. The van der Waals surface area contributed by atoms with Gasteiger partial charge in [-0.3, -0.25) is 19.2 Å². The van der Waals surface area contributed by atoms with E-state index in [0.29, 0.717) is 70.2 Å². The zero-order valence-corrected chi connectivity index (χ0v) is 57.3. The van der Waals surface area contributed by atoms with E-state index in [-0.39, 0.29) is 97.4 Å². The summed E-state index contributed by atoms with van der Waals surface area (Å²) < 4.78 is 23.8. The number of ether oxygens (including phenoxy) is 4. The molecule has 0 unspecified atom stereocenters. The number of aromatic hydroxyl groups is 8. The van der Waals surface area contributed by atoms with Gasteiger partial charge in [0, 0.05) is 70.2 Å². The van der Waals surface area contributed by atoms with Gasteiger partial charge in [0.05, 0.1) is 0 Å². The third kappa shape index (κ3) is 20.6. The normalized spacial score (nSPS) is 13.1. The van der Waals surface area contributed by atoms with Crippen LogP contribution in [0.4, 0.5) is 0 Å². The van der Waals surface area contributed by atoms with Crippen molar-refractivity contribution in [3.63, 3.8) is 0 Å². The summed E-state index contributed by atoms with van der Waals surface area (Å²) in [5, 5.41) is 88.5. The Morgan fingerprint density at radius 3 is 0.573 bits per heavy atom. The molecule has 0 aromatic heterocycles. The first-order chi connectivity index (χ1) is 40.5. The summed E-state index contributed by atoms with van der Waals surface area (Å²) in [4.78, 5) is 55.4. The molecule has 4 aromatic carbocycles. The lowest BCUT2D eigenvalue weighted by Crippen LogP contribution is -2.44. The average molecular weight is 1240 g/mol. The number of phenolic OH excluding ortho intramolecular Hbond substituents is 8. The maximum Gasteiger partial charge on any atom is 0.305 e. The molecular formula is C73H108O16. The van der Waals surface area contributed by atoms with E-state index in [1.165, 1.54) is 0 Å². The molecule has 89 heavy (non-hydrogen) atoms. The van der Waals surface area contributed by atoms with Gasteiger partial charge in [-0.1, -0.05) is 138 Å². The standard InChI is InChI=1S/C73H108O16/c1-65(2,3)45-33-57(78)49(37-53(45)74)69(13,14)29-21-25-61(82)86-41-73(42-87-62(83)26-22-30-70(15,16)50-38-54(75)46(34-58(50)79)66(4,5)6,43-88-63(84)27-23-31-71(17,18)51-39-55(76)47(35-59(51)80)67(7,8)9)44-89-64(85)28-24-32-72(19,20)52-40-56(77)48(36-60(52)81)68(10,11)12/h33-40,74-81H,21-32,41-44H2,1-20H3. The minimum absolute atomic E-state index is 0.0151. The molecule has 0 atom stereocenters. The molecule has 0 aliphatic carbocycles. The molecule has 0 aliphatic rings. The second kappa shape index (κ2) is 28.5. The maximum atomic E-state index is 13.9. The van der Waals surface area contributed by atoms with Gasteiger partial charge in [0.25, 0.3) is 0 Å². The monoisotopic (exact) mass is 1240 g/mol. The Labute approximate surface area is 530 Å². The largest absolute Gasteiger partial charge is 0.508 e. The zero-order valence-electron chi connectivity index (χ0n) is 57.3. The van der Waals surface area contributed by atoms with Gasteiger partial charge in [0.2, 0.25) is 0 Å². The summed E-state index contributed by atoms with van der Waals surface area (Å²) in [5.74, 6) is -2.39. The van der Waals surface area contributed by atoms with Crippen LogP contribution in [-0.4, -0.2) is 91.2 Å². The Morgan fingerprint density at radius 2 is 0.416 bits per heavy atom. The molecular weight excluding hydrogens is 1130 g/mol. The van der Waals surface area contributed by atoms with E-state index in [9.17, 15) is 60.0 Å². The third-order valence-corrected chi connectivity index (χ3v) is 17.5. The van der Waals surface area contributed by atoms with Crippen molar-refractivity contribution in [3.8, 4) is 46.0 Å². The SMILES string of the molecule is CC(C)(C)c1cc(O)c(C(C)(C)CCCC(=O)OCC(COC(=O)CCCC(C)(C)c2cc(O)c(C(C)(C)C)cc2O)(COC(=O)CCCC(C)(C)c2cc(O)c(C(C)(C)C)cc2O)COC(=O)CCCC(C)(C)c2cc(O)c(C(C)(C)C)cc2O)cc1O. The second-order valence-corrected chi connectivity index (χ2v) is 31.6. The van der Waals surface area contributed by atoms with Crippen molar-refractivity contribution >= 4 is 23.9 Å². The number of rotatable bonds is 28. The van der Waals surface area contributed by atoms with Crippen molar-refractivity contribution in [2.75, 3.05) is 26.4 Å². The fraction of sp³-hybridized carbons (Fsp3) is 0.616. The number of hydrogen-bond donors (Lipinski definition) is 8. The van der Waals surface area contributed by atoms with Crippen molar-refractivity contribution in [1.29, 1.82) is 0 Å². The van der Waals surface area contributed by atoms with Crippen molar-refractivity contribution < 1.29 is 79.0 Å². The lowest BCUT2D eigenvalue weighted by molar-refractivity contribution is -0.170. The second-order valence-electron chi connectivity index (χ2n) is 31.6. The molecule has 0 aliphatic heterocycles. The lowest BCUT2D eigenvalue weighted by Gasteiger charge is -2.32. The van der Waals surface area contributed by atoms with E-state index >= 15 is 0 Å². The summed E-state index contributed by atoms with van der Waals surface area (Å²) in [5.41, 5.74) is -1.81. The van der Waals surface area contributed by atoms with Gasteiger partial charge in [-0.25, -0.2) is 0 Å². The minimum Gasteiger partial charge on any atom is -0.508 e.